The summed E-state index contributed by atoms with van der Waals surface area (Å²) in [6.07, 6.45) is 0. The van der Waals surface area contributed by atoms with E-state index in [1.165, 1.54) is 22.8 Å². The standard InChI is InChI=1S/C14H14FN3O2/c1-2-18-12(9-3-5-10(15)6-4-9)8-7-11(14(18)20)13(19)17-16/h3-8H,2,16H2,1H3,(H,17,19). The van der Waals surface area contributed by atoms with Crippen molar-refractivity contribution < 1.29 is 9.18 Å². The minimum atomic E-state index is -0.636. The van der Waals surface area contributed by atoms with Gasteiger partial charge in [-0.2, -0.15) is 0 Å². The lowest BCUT2D eigenvalue weighted by atomic mass is 10.1. The first-order valence-corrected chi connectivity index (χ1v) is 6.09. The second kappa shape index (κ2) is 5.66. The van der Waals surface area contributed by atoms with Crippen LogP contribution in [0.2, 0.25) is 0 Å². The molecule has 0 aliphatic heterocycles. The van der Waals surface area contributed by atoms with E-state index < -0.39 is 11.5 Å². The Kier molecular flexibility index (Phi) is 3.95. The summed E-state index contributed by atoms with van der Waals surface area (Å²) in [4.78, 5) is 23.7. The van der Waals surface area contributed by atoms with Gasteiger partial charge >= 0.3 is 0 Å². The second-order valence-electron chi connectivity index (χ2n) is 4.16. The number of nitrogens with zero attached hydrogens (tertiary/aromatic N) is 1. The number of rotatable bonds is 3. The topological polar surface area (TPSA) is 77.1 Å². The molecule has 0 aliphatic carbocycles. The van der Waals surface area contributed by atoms with Gasteiger partial charge in [-0.15, -0.1) is 0 Å². The fraction of sp³-hybridized carbons (Fsp3) is 0.143. The first-order valence-electron chi connectivity index (χ1n) is 6.09. The molecule has 0 atom stereocenters. The Morgan fingerprint density at radius 2 is 1.90 bits per heavy atom. The number of carbonyl (C=O) groups excluding carboxylic acids is 1. The van der Waals surface area contributed by atoms with Crippen molar-refractivity contribution in [2.75, 3.05) is 0 Å². The molecule has 0 fully saturated rings. The molecule has 1 heterocycles. The summed E-state index contributed by atoms with van der Waals surface area (Å²) >= 11 is 0. The van der Waals surface area contributed by atoms with Gasteiger partial charge in [0.2, 0.25) is 0 Å². The summed E-state index contributed by atoms with van der Waals surface area (Å²) in [5.41, 5.74) is 2.79. The van der Waals surface area contributed by atoms with Gasteiger partial charge in [0.05, 0.1) is 5.69 Å². The molecule has 5 nitrogen and oxygen atoms in total. The lowest BCUT2D eigenvalue weighted by Gasteiger charge is -2.12. The van der Waals surface area contributed by atoms with E-state index >= 15 is 0 Å². The lowest BCUT2D eigenvalue weighted by Crippen LogP contribution is -2.36. The predicted molar refractivity (Wildman–Crippen MR) is 73.4 cm³/mol. The van der Waals surface area contributed by atoms with Crippen LogP contribution in [0.3, 0.4) is 0 Å². The van der Waals surface area contributed by atoms with Gasteiger partial charge in [0.15, 0.2) is 0 Å². The van der Waals surface area contributed by atoms with Crippen LogP contribution in [0.5, 0.6) is 0 Å². The van der Waals surface area contributed by atoms with E-state index in [2.05, 4.69) is 0 Å². The third-order valence-corrected chi connectivity index (χ3v) is 3.01. The Bertz CT molecular complexity index is 693. The van der Waals surface area contributed by atoms with Crippen molar-refractivity contribution in [3.8, 4) is 11.3 Å². The van der Waals surface area contributed by atoms with Crippen LogP contribution < -0.4 is 16.8 Å². The molecule has 0 unspecified atom stereocenters. The highest BCUT2D eigenvalue weighted by Gasteiger charge is 2.14. The molecule has 6 heteroatoms. The van der Waals surface area contributed by atoms with Gasteiger partial charge in [-0.05, 0) is 48.9 Å². The van der Waals surface area contributed by atoms with Crippen molar-refractivity contribution >= 4 is 5.91 Å². The molecule has 1 amide bonds. The molecule has 104 valence electrons. The van der Waals surface area contributed by atoms with Gasteiger partial charge in [0, 0.05) is 6.54 Å². The maximum Gasteiger partial charge on any atom is 0.270 e. The van der Waals surface area contributed by atoms with Crippen LogP contribution in [0.25, 0.3) is 11.3 Å². The number of amides is 1. The third-order valence-electron chi connectivity index (χ3n) is 3.01. The first kappa shape index (κ1) is 14.0. The summed E-state index contributed by atoms with van der Waals surface area (Å²) in [5, 5.41) is 0. The zero-order valence-corrected chi connectivity index (χ0v) is 10.9. The fourth-order valence-corrected chi connectivity index (χ4v) is 2.02. The zero-order valence-electron chi connectivity index (χ0n) is 10.9. The SMILES string of the molecule is CCn1c(-c2ccc(F)cc2)ccc(C(=O)NN)c1=O. The molecule has 0 bridgehead atoms. The molecule has 1 aromatic carbocycles. The molecule has 0 saturated heterocycles. The number of benzene rings is 1. The van der Waals surface area contributed by atoms with E-state index in [1.54, 1.807) is 25.1 Å². The van der Waals surface area contributed by atoms with Crippen LogP contribution in [-0.4, -0.2) is 10.5 Å². The van der Waals surface area contributed by atoms with Crippen molar-refractivity contribution in [1.29, 1.82) is 0 Å². The molecule has 2 rings (SSSR count). The number of hydrogen-bond donors (Lipinski definition) is 2. The summed E-state index contributed by atoms with van der Waals surface area (Å²) in [6, 6.07) is 8.86. The van der Waals surface area contributed by atoms with E-state index in [0.29, 0.717) is 17.8 Å². The molecule has 0 saturated carbocycles. The summed E-state index contributed by atoms with van der Waals surface area (Å²) in [7, 11) is 0. The predicted octanol–water partition coefficient (Wildman–Crippen LogP) is 1.28. The number of hydrazine groups is 1. The van der Waals surface area contributed by atoms with Crippen molar-refractivity contribution in [2.45, 2.75) is 13.5 Å². The molecule has 0 aliphatic rings. The van der Waals surface area contributed by atoms with Crippen molar-refractivity contribution in [1.82, 2.24) is 9.99 Å². The van der Waals surface area contributed by atoms with Gasteiger partial charge in [-0.1, -0.05) is 0 Å². The Balaban J connectivity index is 2.61. The van der Waals surface area contributed by atoms with Crippen molar-refractivity contribution in [3.05, 3.63) is 58.1 Å². The number of nitrogens with two attached hydrogens (primary N) is 1. The second-order valence-corrected chi connectivity index (χ2v) is 4.16. The van der Waals surface area contributed by atoms with Crippen LogP contribution in [0.4, 0.5) is 4.39 Å². The zero-order chi connectivity index (χ0) is 14.7. The van der Waals surface area contributed by atoms with Gasteiger partial charge in [-0.3, -0.25) is 15.0 Å². The summed E-state index contributed by atoms with van der Waals surface area (Å²) < 4.78 is 14.4. The number of nitrogens with one attached hydrogen (secondary N) is 1. The first-order chi connectivity index (χ1) is 9.58. The van der Waals surface area contributed by atoms with Crippen molar-refractivity contribution in [2.24, 2.45) is 5.84 Å². The normalized spacial score (nSPS) is 10.3. The van der Waals surface area contributed by atoms with Gasteiger partial charge < -0.3 is 4.57 Å². The lowest BCUT2D eigenvalue weighted by molar-refractivity contribution is 0.0951. The Labute approximate surface area is 114 Å². The minimum absolute atomic E-state index is 0.0276. The van der Waals surface area contributed by atoms with Crippen LogP contribution in [0.1, 0.15) is 17.3 Å². The minimum Gasteiger partial charge on any atom is -0.308 e. The highest BCUT2D eigenvalue weighted by molar-refractivity contribution is 5.93. The van der Waals surface area contributed by atoms with Gasteiger partial charge in [0.25, 0.3) is 11.5 Å². The fourth-order valence-electron chi connectivity index (χ4n) is 2.02. The smallest absolute Gasteiger partial charge is 0.270 e. The van der Waals surface area contributed by atoms with E-state index in [0.717, 1.165) is 0 Å². The van der Waals surface area contributed by atoms with Gasteiger partial charge in [0.1, 0.15) is 11.4 Å². The maximum atomic E-state index is 12.9. The van der Waals surface area contributed by atoms with E-state index in [1.807, 2.05) is 5.43 Å². The molecule has 3 N–H and O–H groups in total. The Morgan fingerprint density at radius 1 is 1.25 bits per heavy atom. The molecule has 2 aromatic rings. The van der Waals surface area contributed by atoms with Crippen LogP contribution in [0, 0.1) is 5.82 Å². The number of halogens is 1. The number of aromatic nitrogens is 1. The average molecular weight is 275 g/mol. The Morgan fingerprint density at radius 3 is 2.45 bits per heavy atom. The molecule has 0 radical (unpaired) electrons. The summed E-state index contributed by atoms with van der Waals surface area (Å²) in [6.45, 7) is 2.18. The largest absolute Gasteiger partial charge is 0.308 e. The average Bonchev–Trinajstić information content (AvgIpc) is 2.47. The van der Waals surface area contributed by atoms with E-state index in [4.69, 9.17) is 5.84 Å². The maximum absolute atomic E-state index is 12.9. The van der Waals surface area contributed by atoms with Crippen LogP contribution in [-0.2, 0) is 6.54 Å². The summed E-state index contributed by atoms with van der Waals surface area (Å²) in [5.74, 6) is 4.06. The number of pyridine rings is 1. The van der Waals surface area contributed by atoms with E-state index in [9.17, 15) is 14.0 Å². The van der Waals surface area contributed by atoms with E-state index in [-0.39, 0.29) is 11.4 Å². The highest BCUT2D eigenvalue weighted by atomic mass is 19.1. The molecule has 1 aromatic heterocycles. The molecular weight excluding hydrogens is 261 g/mol. The highest BCUT2D eigenvalue weighted by Crippen LogP contribution is 2.18. The molecular formula is C14H14FN3O2. The molecule has 0 spiro atoms. The van der Waals surface area contributed by atoms with Gasteiger partial charge in [-0.25, -0.2) is 10.2 Å². The quantitative estimate of drug-likeness (QED) is 0.503. The van der Waals surface area contributed by atoms with Crippen molar-refractivity contribution in [3.63, 3.8) is 0 Å². The molecule has 20 heavy (non-hydrogen) atoms. The monoisotopic (exact) mass is 275 g/mol. The number of nitrogen functional groups attached to an aromatic ring is 1. The van der Waals surface area contributed by atoms with Crippen LogP contribution >= 0.6 is 0 Å². The van der Waals surface area contributed by atoms with Crippen LogP contribution in [0.15, 0.2) is 41.2 Å². The number of carbonyl (C=O) groups is 1. The Hall–Kier alpha value is -2.47. The number of hydrogen-bond acceptors (Lipinski definition) is 3. The third kappa shape index (κ3) is 2.46.